The Morgan fingerprint density at radius 1 is 0.972 bits per heavy atom. The molecular weight excluding hydrogens is 460 g/mol. The predicted molar refractivity (Wildman–Crippen MR) is 134 cm³/mol. The summed E-state index contributed by atoms with van der Waals surface area (Å²) in [6.07, 6.45) is 5.29. The van der Waals surface area contributed by atoms with Crippen LogP contribution in [0, 0.1) is 6.92 Å². The van der Waals surface area contributed by atoms with E-state index in [1.807, 2.05) is 55.6 Å². The van der Waals surface area contributed by atoms with Crippen molar-refractivity contribution in [1.29, 1.82) is 0 Å². The number of ether oxygens (including phenoxy) is 2. The molecule has 3 aromatic heterocycles. The number of fused-ring (bicyclic) bond motifs is 1. The molecule has 5 aromatic rings. The molecule has 0 aliphatic carbocycles. The Hall–Kier alpha value is -4.44. The molecule has 184 valence electrons. The Kier molecular flexibility index (Phi) is 6.50. The van der Waals surface area contributed by atoms with Crippen LogP contribution in [0.25, 0.3) is 22.3 Å². The van der Waals surface area contributed by atoms with Crippen LogP contribution >= 0.6 is 0 Å². The largest absolute Gasteiger partial charge is 0.497 e. The third-order valence-electron chi connectivity index (χ3n) is 5.73. The lowest BCUT2D eigenvalue weighted by atomic mass is 10.1. The molecule has 5 rings (SSSR count). The van der Waals surface area contributed by atoms with Crippen LogP contribution in [0.5, 0.6) is 11.5 Å². The van der Waals surface area contributed by atoms with E-state index in [2.05, 4.69) is 20.1 Å². The van der Waals surface area contributed by atoms with Crippen molar-refractivity contribution in [3.63, 3.8) is 0 Å². The number of rotatable bonds is 9. The maximum atomic E-state index is 9.17. The van der Waals surface area contributed by atoms with Crippen LogP contribution in [0.3, 0.4) is 0 Å². The standard InChI is InChI=1S/C26H26N6O4/c1-17-8-23(36-30-17)16-32(20-9-21(34-2)12-22(10-20)35-3)19-4-5-24-25(11-19)29-26(14-27-24)18-13-28-31(15-18)6-7-33/h4-5,8-15,33H,6-7,16H2,1-3H3. The normalized spacial score (nSPS) is 11.1. The van der Waals surface area contributed by atoms with Crippen molar-refractivity contribution in [1.82, 2.24) is 24.9 Å². The van der Waals surface area contributed by atoms with E-state index in [1.54, 1.807) is 31.3 Å². The lowest BCUT2D eigenvalue weighted by molar-refractivity contribution is 0.269. The first-order valence-electron chi connectivity index (χ1n) is 11.4. The van der Waals surface area contributed by atoms with Gasteiger partial charge in [-0.2, -0.15) is 5.10 Å². The Bertz CT molecular complexity index is 1470. The molecule has 0 fully saturated rings. The summed E-state index contributed by atoms with van der Waals surface area (Å²) in [6.45, 7) is 2.76. The van der Waals surface area contributed by atoms with Gasteiger partial charge in [0, 0.05) is 47.4 Å². The van der Waals surface area contributed by atoms with E-state index in [1.165, 1.54) is 0 Å². The van der Waals surface area contributed by atoms with Gasteiger partial charge < -0.3 is 24.0 Å². The Morgan fingerprint density at radius 3 is 2.47 bits per heavy atom. The van der Waals surface area contributed by atoms with Crippen molar-refractivity contribution in [3.05, 3.63) is 72.5 Å². The lowest BCUT2D eigenvalue weighted by Gasteiger charge is -2.25. The molecule has 0 atom stereocenters. The van der Waals surface area contributed by atoms with Gasteiger partial charge >= 0.3 is 0 Å². The van der Waals surface area contributed by atoms with Gasteiger partial charge in [0.05, 0.1) is 68.7 Å². The highest BCUT2D eigenvalue weighted by Crippen LogP contribution is 2.35. The summed E-state index contributed by atoms with van der Waals surface area (Å²) in [6, 6.07) is 13.5. The first kappa shape index (κ1) is 23.3. The topological polar surface area (TPSA) is 112 Å². The lowest BCUT2D eigenvalue weighted by Crippen LogP contribution is -2.16. The molecule has 36 heavy (non-hydrogen) atoms. The van der Waals surface area contributed by atoms with E-state index in [4.69, 9.17) is 19.0 Å². The van der Waals surface area contributed by atoms with Gasteiger partial charge in [-0.3, -0.25) is 9.67 Å². The Morgan fingerprint density at radius 2 is 1.78 bits per heavy atom. The zero-order valence-corrected chi connectivity index (χ0v) is 20.3. The fourth-order valence-corrected chi connectivity index (χ4v) is 3.95. The molecule has 0 saturated heterocycles. The molecule has 10 heteroatoms. The minimum absolute atomic E-state index is 0.0173. The summed E-state index contributed by atoms with van der Waals surface area (Å²) in [5, 5.41) is 17.5. The van der Waals surface area contributed by atoms with Crippen LogP contribution in [0.1, 0.15) is 11.5 Å². The molecule has 0 bridgehead atoms. The summed E-state index contributed by atoms with van der Waals surface area (Å²) < 4.78 is 18.2. The first-order valence-corrected chi connectivity index (χ1v) is 11.4. The van der Waals surface area contributed by atoms with Gasteiger partial charge in [-0.25, -0.2) is 4.98 Å². The van der Waals surface area contributed by atoms with Crippen molar-refractivity contribution < 1.29 is 19.1 Å². The molecule has 0 spiro atoms. The van der Waals surface area contributed by atoms with Gasteiger partial charge in [0.25, 0.3) is 0 Å². The number of aromatic nitrogens is 5. The number of nitrogens with zero attached hydrogens (tertiary/aromatic N) is 6. The van der Waals surface area contributed by atoms with Crippen LogP contribution in [-0.4, -0.2) is 50.8 Å². The van der Waals surface area contributed by atoms with Crippen LogP contribution in [0.2, 0.25) is 0 Å². The zero-order chi connectivity index (χ0) is 25.1. The predicted octanol–water partition coefficient (Wildman–Crippen LogP) is 4.14. The third kappa shape index (κ3) is 4.84. The quantitative estimate of drug-likeness (QED) is 0.328. The van der Waals surface area contributed by atoms with Crippen LogP contribution < -0.4 is 14.4 Å². The highest BCUT2D eigenvalue weighted by atomic mass is 16.5. The van der Waals surface area contributed by atoms with Crippen molar-refractivity contribution in [2.24, 2.45) is 0 Å². The van der Waals surface area contributed by atoms with Crippen molar-refractivity contribution in [2.45, 2.75) is 20.0 Å². The third-order valence-corrected chi connectivity index (χ3v) is 5.73. The van der Waals surface area contributed by atoms with E-state index in [9.17, 15) is 5.11 Å². The van der Waals surface area contributed by atoms with Gasteiger partial charge in [0.15, 0.2) is 5.76 Å². The van der Waals surface area contributed by atoms with Gasteiger partial charge in [-0.05, 0) is 25.1 Å². The van der Waals surface area contributed by atoms with Gasteiger partial charge in [-0.15, -0.1) is 0 Å². The molecule has 0 radical (unpaired) electrons. The molecular formula is C26H26N6O4. The van der Waals surface area contributed by atoms with E-state index < -0.39 is 0 Å². The summed E-state index contributed by atoms with van der Waals surface area (Å²) in [4.78, 5) is 11.5. The number of hydrogen-bond acceptors (Lipinski definition) is 9. The van der Waals surface area contributed by atoms with E-state index in [0.29, 0.717) is 36.0 Å². The number of methoxy groups -OCH3 is 2. The molecule has 0 saturated carbocycles. The second-order valence-electron chi connectivity index (χ2n) is 8.24. The number of anilines is 2. The average Bonchev–Trinajstić information content (AvgIpc) is 3.55. The minimum Gasteiger partial charge on any atom is -0.497 e. The van der Waals surface area contributed by atoms with Gasteiger partial charge in [0.2, 0.25) is 0 Å². The number of aryl methyl sites for hydroxylation is 1. The number of aliphatic hydroxyl groups excluding tert-OH is 1. The number of hydrogen-bond donors (Lipinski definition) is 1. The zero-order valence-electron chi connectivity index (χ0n) is 20.3. The molecule has 1 N–H and O–H groups in total. The molecule has 0 amide bonds. The highest BCUT2D eigenvalue weighted by molar-refractivity contribution is 5.82. The van der Waals surface area contributed by atoms with E-state index in [0.717, 1.165) is 33.7 Å². The number of aliphatic hydroxyl groups is 1. The van der Waals surface area contributed by atoms with Crippen LogP contribution in [-0.2, 0) is 13.1 Å². The van der Waals surface area contributed by atoms with E-state index in [-0.39, 0.29) is 6.61 Å². The van der Waals surface area contributed by atoms with Gasteiger partial charge in [-0.1, -0.05) is 5.16 Å². The molecule has 0 aliphatic rings. The maximum absolute atomic E-state index is 9.17. The molecule has 0 unspecified atom stereocenters. The summed E-state index contributed by atoms with van der Waals surface area (Å²) >= 11 is 0. The van der Waals surface area contributed by atoms with Crippen LogP contribution in [0.4, 0.5) is 11.4 Å². The fourth-order valence-electron chi connectivity index (χ4n) is 3.95. The van der Waals surface area contributed by atoms with Crippen molar-refractivity contribution >= 4 is 22.4 Å². The summed E-state index contributed by atoms with van der Waals surface area (Å²) in [5.41, 5.74) is 5.57. The fraction of sp³-hybridized carbons (Fsp3) is 0.231. The Labute approximate surface area is 207 Å². The molecule has 2 aromatic carbocycles. The number of benzene rings is 2. The molecule has 10 nitrogen and oxygen atoms in total. The maximum Gasteiger partial charge on any atom is 0.156 e. The summed E-state index contributed by atoms with van der Waals surface area (Å²) in [7, 11) is 3.25. The SMILES string of the molecule is COc1cc(OC)cc(N(Cc2cc(C)no2)c2ccc3ncc(-c4cnn(CCO)c4)nc3c2)c1. The highest BCUT2D eigenvalue weighted by Gasteiger charge is 2.17. The molecule has 0 aliphatic heterocycles. The van der Waals surface area contributed by atoms with Gasteiger partial charge in [0.1, 0.15) is 11.5 Å². The minimum atomic E-state index is 0.0173. The smallest absolute Gasteiger partial charge is 0.156 e. The Balaban J connectivity index is 1.58. The second-order valence-corrected chi connectivity index (χ2v) is 8.24. The van der Waals surface area contributed by atoms with Crippen LogP contribution in [0.15, 0.2) is 65.6 Å². The van der Waals surface area contributed by atoms with Crippen molar-refractivity contribution in [3.8, 4) is 22.8 Å². The molecule has 3 heterocycles. The monoisotopic (exact) mass is 486 g/mol. The second kappa shape index (κ2) is 10.0. The average molecular weight is 487 g/mol. The van der Waals surface area contributed by atoms with E-state index >= 15 is 0 Å². The first-order chi connectivity index (χ1) is 17.6. The van der Waals surface area contributed by atoms with Crippen molar-refractivity contribution in [2.75, 3.05) is 25.7 Å². The summed E-state index contributed by atoms with van der Waals surface area (Å²) in [5.74, 6) is 2.06.